The molecule has 2 N–H and O–H groups in total. The summed E-state index contributed by atoms with van der Waals surface area (Å²) in [5.41, 5.74) is 8.72. The third-order valence-electron chi connectivity index (χ3n) is 2.58. The molecule has 1 heterocycles. The van der Waals surface area contributed by atoms with E-state index in [1.54, 1.807) is 7.11 Å². The second-order valence-corrected chi connectivity index (χ2v) is 4.62. The van der Waals surface area contributed by atoms with E-state index in [1.807, 2.05) is 17.8 Å². The van der Waals surface area contributed by atoms with Gasteiger partial charge in [-0.3, -0.25) is 0 Å². The van der Waals surface area contributed by atoms with Crippen molar-refractivity contribution in [3.63, 3.8) is 0 Å². The van der Waals surface area contributed by atoms with E-state index in [4.69, 9.17) is 10.5 Å². The van der Waals surface area contributed by atoms with Gasteiger partial charge in [0.25, 0.3) is 0 Å². The first-order chi connectivity index (χ1) is 6.81. The molecule has 14 heavy (non-hydrogen) atoms. The van der Waals surface area contributed by atoms with Gasteiger partial charge in [0.15, 0.2) is 0 Å². The molecule has 0 spiro atoms. The molecule has 1 aromatic rings. The van der Waals surface area contributed by atoms with Crippen LogP contribution < -0.4 is 10.5 Å². The van der Waals surface area contributed by atoms with Crippen molar-refractivity contribution in [3.8, 4) is 5.75 Å². The Kier molecular flexibility index (Phi) is 2.99. The number of ether oxygens (including phenoxy) is 1. The van der Waals surface area contributed by atoms with Gasteiger partial charge in [-0.2, -0.15) is 11.8 Å². The molecule has 0 amide bonds. The molecule has 2 rings (SSSR count). The third-order valence-corrected chi connectivity index (χ3v) is 3.62. The lowest BCUT2D eigenvalue weighted by Crippen LogP contribution is -2.11. The van der Waals surface area contributed by atoms with Crippen molar-refractivity contribution in [1.82, 2.24) is 0 Å². The number of benzene rings is 1. The first kappa shape index (κ1) is 9.87. The lowest BCUT2D eigenvalue weighted by atomic mass is 10.00. The van der Waals surface area contributed by atoms with Crippen LogP contribution in [0.25, 0.3) is 0 Å². The quantitative estimate of drug-likeness (QED) is 0.771. The van der Waals surface area contributed by atoms with E-state index in [1.165, 1.54) is 11.1 Å². The van der Waals surface area contributed by atoms with E-state index < -0.39 is 0 Å². The lowest BCUT2D eigenvalue weighted by Gasteiger charge is -2.13. The molecule has 2 nitrogen and oxygen atoms in total. The molecule has 0 aromatic heterocycles. The summed E-state index contributed by atoms with van der Waals surface area (Å²) >= 11 is 1.95. The molecular weight excluding hydrogens is 194 g/mol. The average Bonchev–Trinajstić information content (AvgIpc) is 2.40. The Bertz CT molecular complexity index is 327. The Balaban J connectivity index is 2.39. The SMILES string of the molecule is COc1ccc2c(c1)[C@H](N)CCSC2. The second-order valence-electron chi connectivity index (χ2n) is 3.51. The zero-order chi connectivity index (χ0) is 9.97. The molecule has 0 bridgehead atoms. The number of rotatable bonds is 1. The molecule has 0 radical (unpaired) electrons. The molecule has 76 valence electrons. The molecule has 0 saturated carbocycles. The van der Waals surface area contributed by atoms with Crippen molar-refractivity contribution in [2.75, 3.05) is 12.9 Å². The Morgan fingerprint density at radius 3 is 3.14 bits per heavy atom. The zero-order valence-electron chi connectivity index (χ0n) is 8.32. The van der Waals surface area contributed by atoms with Crippen molar-refractivity contribution in [1.29, 1.82) is 0 Å². The molecule has 1 atom stereocenters. The van der Waals surface area contributed by atoms with Crippen LogP contribution in [0.5, 0.6) is 5.75 Å². The first-order valence-electron chi connectivity index (χ1n) is 4.81. The highest BCUT2D eigenvalue weighted by Crippen LogP contribution is 2.31. The van der Waals surface area contributed by atoms with Crippen molar-refractivity contribution in [3.05, 3.63) is 29.3 Å². The van der Waals surface area contributed by atoms with Crippen molar-refractivity contribution < 1.29 is 4.74 Å². The van der Waals surface area contributed by atoms with Crippen LogP contribution in [0.4, 0.5) is 0 Å². The predicted octanol–water partition coefficient (Wildman–Crippen LogP) is 2.33. The fourth-order valence-electron chi connectivity index (χ4n) is 1.72. The summed E-state index contributed by atoms with van der Waals surface area (Å²) in [6, 6.07) is 6.39. The molecule has 1 aliphatic rings. The number of hydrogen-bond acceptors (Lipinski definition) is 3. The fraction of sp³-hybridized carbons (Fsp3) is 0.455. The summed E-state index contributed by atoms with van der Waals surface area (Å²) in [6.07, 6.45) is 1.06. The fourth-order valence-corrected chi connectivity index (χ4v) is 2.77. The topological polar surface area (TPSA) is 35.2 Å². The maximum atomic E-state index is 6.10. The summed E-state index contributed by atoms with van der Waals surface area (Å²) in [5.74, 6) is 3.14. The molecular formula is C11H15NOS. The summed E-state index contributed by atoms with van der Waals surface area (Å²) < 4.78 is 5.21. The molecule has 1 aromatic carbocycles. The highest BCUT2D eigenvalue weighted by Gasteiger charge is 2.15. The Morgan fingerprint density at radius 2 is 2.36 bits per heavy atom. The number of fused-ring (bicyclic) bond motifs is 1. The van der Waals surface area contributed by atoms with Gasteiger partial charge in [0.1, 0.15) is 5.75 Å². The van der Waals surface area contributed by atoms with Gasteiger partial charge < -0.3 is 10.5 Å². The minimum absolute atomic E-state index is 0.176. The second kappa shape index (κ2) is 4.24. The number of thioether (sulfide) groups is 1. The van der Waals surface area contributed by atoms with E-state index in [0.29, 0.717) is 0 Å². The van der Waals surface area contributed by atoms with E-state index >= 15 is 0 Å². The summed E-state index contributed by atoms with van der Waals surface area (Å²) in [7, 11) is 1.69. The van der Waals surface area contributed by atoms with Crippen LogP contribution in [0.2, 0.25) is 0 Å². The van der Waals surface area contributed by atoms with Gasteiger partial charge in [0.2, 0.25) is 0 Å². The van der Waals surface area contributed by atoms with E-state index in [9.17, 15) is 0 Å². The largest absolute Gasteiger partial charge is 0.497 e. The van der Waals surface area contributed by atoms with Gasteiger partial charge in [-0.1, -0.05) is 6.07 Å². The molecule has 0 fully saturated rings. The van der Waals surface area contributed by atoms with Crippen molar-refractivity contribution >= 4 is 11.8 Å². The molecule has 0 aliphatic carbocycles. The Labute approximate surface area is 88.8 Å². The highest BCUT2D eigenvalue weighted by molar-refractivity contribution is 7.98. The van der Waals surface area contributed by atoms with E-state index in [0.717, 1.165) is 23.7 Å². The van der Waals surface area contributed by atoms with Crippen LogP contribution in [0.3, 0.4) is 0 Å². The van der Waals surface area contributed by atoms with Crippen LogP contribution in [0.15, 0.2) is 18.2 Å². The smallest absolute Gasteiger partial charge is 0.119 e. The minimum Gasteiger partial charge on any atom is -0.497 e. The first-order valence-corrected chi connectivity index (χ1v) is 5.97. The van der Waals surface area contributed by atoms with Crippen molar-refractivity contribution in [2.24, 2.45) is 5.73 Å². The number of methoxy groups -OCH3 is 1. The molecule has 0 saturated heterocycles. The third kappa shape index (κ3) is 1.88. The molecule has 0 unspecified atom stereocenters. The Hall–Kier alpha value is -0.670. The maximum absolute atomic E-state index is 6.10. The van der Waals surface area contributed by atoms with Gasteiger partial charge in [-0.25, -0.2) is 0 Å². The van der Waals surface area contributed by atoms with Gasteiger partial charge in [-0.05, 0) is 35.4 Å². The van der Waals surface area contributed by atoms with Crippen LogP contribution in [-0.2, 0) is 5.75 Å². The monoisotopic (exact) mass is 209 g/mol. The normalized spacial score (nSPS) is 21.1. The van der Waals surface area contributed by atoms with E-state index in [-0.39, 0.29) is 6.04 Å². The van der Waals surface area contributed by atoms with Crippen LogP contribution in [0.1, 0.15) is 23.6 Å². The summed E-state index contributed by atoms with van der Waals surface area (Å²) in [4.78, 5) is 0. The van der Waals surface area contributed by atoms with Crippen molar-refractivity contribution in [2.45, 2.75) is 18.2 Å². The van der Waals surface area contributed by atoms with Gasteiger partial charge in [0.05, 0.1) is 7.11 Å². The van der Waals surface area contributed by atoms with Gasteiger partial charge in [-0.15, -0.1) is 0 Å². The van der Waals surface area contributed by atoms with Gasteiger partial charge in [0, 0.05) is 11.8 Å². The maximum Gasteiger partial charge on any atom is 0.119 e. The lowest BCUT2D eigenvalue weighted by molar-refractivity contribution is 0.413. The Morgan fingerprint density at radius 1 is 1.50 bits per heavy atom. The number of hydrogen-bond donors (Lipinski definition) is 1. The van der Waals surface area contributed by atoms with Crippen LogP contribution in [-0.4, -0.2) is 12.9 Å². The minimum atomic E-state index is 0.176. The van der Waals surface area contributed by atoms with E-state index in [2.05, 4.69) is 12.1 Å². The molecule has 1 aliphatic heterocycles. The summed E-state index contributed by atoms with van der Waals surface area (Å²) in [6.45, 7) is 0. The van der Waals surface area contributed by atoms with Gasteiger partial charge >= 0.3 is 0 Å². The standard InChI is InChI=1S/C11H15NOS/c1-13-9-3-2-8-7-14-5-4-11(12)10(8)6-9/h2-3,6,11H,4-5,7,12H2,1H3/t11-/m1/s1. The predicted molar refractivity (Wildman–Crippen MR) is 60.7 cm³/mol. The highest BCUT2D eigenvalue weighted by atomic mass is 32.2. The number of nitrogens with two attached hydrogens (primary N) is 1. The summed E-state index contributed by atoms with van der Waals surface area (Å²) in [5, 5.41) is 0. The van der Waals surface area contributed by atoms with Crippen LogP contribution in [0, 0.1) is 0 Å². The molecule has 3 heteroatoms. The zero-order valence-corrected chi connectivity index (χ0v) is 9.14. The van der Waals surface area contributed by atoms with Crippen LogP contribution >= 0.6 is 11.8 Å². The average molecular weight is 209 g/mol.